The van der Waals surface area contributed by atoms with Crippen molar-refractivity contribution >= 4 is 29.1 Å². The predicted octanol–water partition coefficient (Wildman–Crippen LogP) is 0.258. The number of carboxylic acid groups (broad SMARTS) is 1. The Labute approximate surface area is 100 Å². The van der Waals surface area contributed by atoms with Crippen molar-refractivity contribution in [1.82, 2.24) is 4.90 Å². The summed E-state index contributed by atoms with van der Waals surface area (Å²) in [6, 6.07) is 3.40. The van der Waals surface area contributed by atoms with Crippen molar-refractivity contribution in [1.29, 1.82) is 0 Å². The molecule has 6 nitrogen and oxygen atoms in total. The number of amides is 2. The van der Waals surface area contributed by atoms with Crippen LogP contribution in [0.25, 0.3) is 0 Å². The molecular formula is C10H9NO5S. The minimum absolute atomic E-state index is 0.535. The van der Waals surface area contributed by atoms with Crippen molar-refractivity contribution in [3.8, 4) is 0 Å². The molecule has 1 N–H and O–H groups in total. The van der Waals surface area contributed by atoms with Gasteiger partial charge in [0.05, 0.1) is 0 Å². The van der Waals surface area contributed by atoms with Gasteiger partial charge in [0.15, 0.2) is 5.92 Å². The van der Waals surface area contributed by atoms with Crippen LogP contribution in [-0.4, -0.2) is 41.1 Å². The van der Waals surface area contributed by atoms with E-state index in [-0.39, 0.29) is 0 Å². The van der Waals surface area contributed by atoms with Crippen molar-refractivity contribution in [3.05, 3.63) is 22.4 Å². The molecule has 2 amide bonds. The van der Waals surface area contributed by atoms with E-state index < -0.39 is 29.9 Å². The molecule has 0 spiro atoms. The molecule has 17 heavy (non-hydrogen) atoms. The molecule has 1 aromatic heterocycles. The molecule has 1 aliphatic rings. The van der Waals surface area contributed by atoms with Crippen molar-refractivity contribution in [3.63, 3.8) is 0 Å². The van der Waals surface area contributed by atoms with Gasteiger partial charge in [-0.15, -0.1) is 11.3 Å². The third-order valence-corrected chi connectivity index (χ3v) is 3.40. The first-order chi connectivity index (χ1) is 8.07. The lowest BCUT2D eigenvalue weighted by atomic mass is 9.95. The van der Waals surface area contributed by atoms with Crippen LogP contribution in [0.4, 0.5) is 0 Å². The number of hydrogen-bond acceptors (Lipinski definition) is 5. The summed E-state index contributed by atoms with van der Waals surface area (Å²) in [6.45, 7) is 0. The number of carbonyl (C=O) groups excluding carboxylic acids is 2. The summed E-state index contributed by atoms with van der Waals surface area (Å²) >= 11 is 1.29. The molecule has 2 heterocycles. The van der Waals surface area contributed by atoms with Crippen LogP contribution in [0.15, 0.2) is 17.5 Å². The quantitative estimate of drug-likeness (QED) is 0.616. The summed E-state index contributed by atoms with van der Waals surface area (Å²) < 4.78 is 4.61. The van der Waals surface area contributed by atoms with Crippen LogP contribution in [0.3, 0.4) is 0 Å². The van der Waals surface area contributed by atoms with E-state index >= 15 is 0 Å². The highest BCUT2D eigenvalue weighted by Crippen LogP contribution is 2.34. The van der Waals surface area contributed by atoms with Crippen LogP contribution in [0.5, 0.6) is 0 Å². The van der Waals surface area contributed by atoms with Crippen molar-refractivity contribution in [2.75, 3.05) is 7.11 Å². The minimum Gasteiger partial charge on any atom is -0.478 e. The highest BCUT2D eigenvalue weighted by atomic mass is 32.1. The number of likely N-dealkylation sites (tertiary alicyclic amines) is 1. The van der Waals surface area contributed by atoms with Crippen LogP contribution >= 0.6 is 11.3 Å². The number of rotatable bonds is 4. The summed E-state index contributed by atoms with van der Waals surface area (Å²) in [5, 5.41) is 10.5. The molecule has 1 aromatic rings. The van der Waals surface area contributed by atoms with Crippen molar-refractivity contribution in [2.24, 2.45) is 0 Å². The zero-order valence-electron chi connectivity index (χ0n) is 8.82. The van der Waals surface area contributed by atoms with Gasteiger partial charge in [0.2, 0.25) is 18.0 Å². The van der Waals surface area contributed by atoms with Crippen LogP contribution in [0.1, 0.15) is 10.8 Å². The Morgan fingerprint density at radius 3 is 2.59 bits per heavy atom. The lowest BCUT2D eigenvalue weighted by molar-refractivity contribution is -0.186. The molecule has 1 fully saturated rings. The average Bonchev–Trinajstić information content (AvgIpc) is 2.78. The van der Waals surface area contributed by atoms with E-state index in [0.717, 1.165) is 7.11 Å². The molecule has 1 saturated heterocycles. The second kappa shape index (κ2) is 4.27. The standard InChI is InChI=1S/C10H9NO5S/c1-16-9(10(14)15)11-7(12)6(8(11)13)5-3-2-4-17-5/h2-4,6,9H,1H3,(H,14,15). The second-order valence-electron chi connectivity index (χ2n) is 3.42. The van der Waals surface area contributed by atoms with Crippen LogP contribution in [0.2, 0.25) is 0 Å². The van der Waals surface area contributed by atoms with Gasteiger partial charge in [0, 0.05) is 12.0 Å². The van der Waals surface area contributed by atoms with E-state index in [0.29, 0.717) is 9.78 Å². The maximum atomic E-state index is 11.7. The summed E-state index contributed by atoms with van der Waals surface area (Å²) in [5.74, 6) is -3.30. The van der Waals surface area contributed by atoms with Gasteiger partial charge in [0.25, 0.3) is 0 Å². The first-order valence-corrected chi connectivity index (χ1v) is 5.61. The number of hydrogen-bond donors (Lipinski definition) is 1. The van der Waals surface area contributed by atoms with E-state index in [1.807, 2.05) is 0 Å². The van der Waals surface area contributed by atoms with Gasteiger partial charge >= 0.3 is 5.97 Å². The molecule has 0 radical (unpaired) electrons. The van der Waals surface area contributed by atoms with Gasteiger partial charge in [-0.2, -0.15) is 0 Å². The SMILES string of the molecule is COC(C(=O)O)N1C(=O)C(c2cccs2)C1=O. The van der Waals surface area contributed by atoms with Gasteiger partial charge in [-0.25, -0.2) is 9.69 Å². The number of carbonyl (C=O) groups is 3. The molecule has 0 bridgehead atoms. The molecule has 0 saturated carbocycles. The molecule has 2 rings (SSSR count). The average molecular weight is 255 g/mol. The summed E-state index contributed by atoms with van der Waals surface area (Å²) in [5.41, 5.74) is 0. The fourth-order valence-corrected chi connectivity index (χ4v) is 2.48. The normalized spacial score (nSPS) is 18.1. The molecule has 1 aliphatic heterocycles. The third kappa shape index (κ3) is 1.73. The monoisotopic (exact) mass is 255 g/mol. The van der Waals surface area contributed by atoms with Gasteiger partial charge in [-0.3, -0.25) is 9.59 Å². The molecule has 1 atom stereocenters. The molecule has 0 aromatic carbocycles. The number of imide groups is 1. The number of methoxy groups -OCH3 is 1. The van der Waals surface area contributed by atoms with Gasteiger partial charge in [-0.1, -0.05) is 6.07 Å². The molecule has 1 unspecified atom stereocenters. The Morgan fingerprint density at radius 2 is 2.18 bits per heavy atom. The number of thiophene rings is 1. The smallest absolute Gasteiger partial charge is 0.354 e. The molecular weight excluding hydrogens is 246 g/mol. The van der Waals surface area contributed by atoms with Crippen LogP contribution in [-0.2, 0) is 19.1 Å². The molecule has 7 heteroatoms. The van der Waals surface area contributed by atoms with Crippen molar-refractivity contribution in [2.45, 2.75) is 12.1 Å². The Balaban J connectivity index is 2.19. The number of nitrogens with zero attached hydrogens (tertiary/aromatic N) is 1. The van der Waals surface area contributed by atoms with Gasteiger partial charge < -0.3 is 9.84 Å². The lowest BCUT2D eigenvalue weighted by Crippen LogP contribution is -2.62. The Morgan fingerprint density at radius 1 is 1.53 bits per heavy atom. The number of aliphatic carboxylic acids is 1. The van der Waals surface area contributed by atoms with E-state index in [9.17, 15) is 14.4 Å². The Kier molecular flexibility index (Phi) is 2.95. The second-order valence-corrected chi connectivity index (χ2v) is 4.40. The van der Waals surface area contributed by atoms with Gasteiger partial charge in [0.1, 0.15) is 0 Å². The zero-order valence-corrected chi connectivity index (χ0v) is 9.64. The minimum atomic E-state index is -1.54. The number of carboxylic acids is 1. The fraction of sp³-hybridized carbons (Fsp3) is 0.300. The summed E-state index contributed by atoms with van der Waals surface area (Å²) in [7, 11) is 1.14. The molecule has 0 aliphatic carbocycles. The predicted molar refractivity (Wildman–Crippen MR) is 57.3 cm³/mol. The van der Waals surface area contributed by atoms with E-state index in [4.69, 9.17) is 5.11 Å². The van der Waals surface area contributed by atoms with E-state index in [2.05, 4.69) is 4.74 Å². The van der Waals surface area contributed by atoms with Gasteiger partial charge in [-0.05, 0) is 11.4 Å². The van der Waals surface area contributed by atoms with Crippen LogP contribution < -0.4 is 0 Å². The number of ether oxygens (including phenoxy) is 1. The summed E-state index contributed by atoms with van der Waals surface area (Å²) in [6.07, 6.45) is -1.54. The molecule has 90 valence electrons. The lowest BCUT2D eigenvalue weighted by Gasteiger charge is -2.38. The first-order valence-electron chi connectivity index (χ1n) is 4.74. The maximum absolute atomic E-state index is 11.7. The highest BCUT2D eigenvalue weighted by Gasteiger charge is 2.53. The number of β-lactam (4-membered cyclic amide) rings is 2. The van der Waals surface area contributed by atoms with E-state index in [1.165, 1.54) is 11.3 Å². The van der Waals surface area contributed by atoms with Crippen molar-refractivity contribution < 1.29 is 24.2 Å². The largest absolute Gasteiger partial charge is 0.478 e. The Bertz CT molecular complexity index is 453. The zero-order chi connectivity index (χ0) is 12.6. The first kappa shape index (κ1) is 11.7. The third-order valence-electron chi connectivity index (χ3n) is 2.47. The maximum Gasteiger partial charge on any atom is 0.354 e. The van der Waals surface area contributed by atoms with Crippen LogP contribution in [0, 0.1) is 0 Å². The summed E-state index contributed by atoms with van der Waals surface area (Å²) in [4.78, 5) is 35.5. The highest BCUT2D eigenvalue weighted by molar-refractivity contribution is 7.10. The topological polar surface area (TPSA) is 83.9 Å². The van der Waals surface area contributed by atoms with E-state index in [1.54, 1.807) is 17.5 Å². The Hall–Kier alpha value is -1.73. The fourth-order valence-electron chi connectivity index (χ4n) is 1.67.